The number of carboxylic acid groups (broad SMARTS) is 1. The summed E-state index contributed by atoms with van der Waals surface area (Å²) in [5.74, 6) is 1.39. The van der Waals surface area contributed by atoms with Crippen LogP contribution in [-0.4, -0.2) is 68.3 Å². The van der Waals surface area contributed by atoms with Crippen LogP contribution in [0.1, 0.15) is 28.2 Å². The maximum Gasteiger partial charge on any atom is 0.290 e. The van der Waals surface area contributed by atoms with Crippen molar-refractivity contribution in [3.05, 3.63) is 41.4 Å². The van der Waals surface area contributed by atoms with Crippen LogP contribution in [0.2, 0.25) is 0 Å². The Labute approximate surface area is 161 Å². The van der Waals surface area contributed by atoms with E-state index >= 15 is 0 Å². The van der Waals surface area contributed by atoms with Gasteiger partial charge in [0.1, 0.15) is 11.3 Å². The van der Waals surface area contributed by atoms with Crippen LogP contribution in [0.15, 0.2) is 28.9 Å². The van der Waals surface area contributed by atoms with E-state index in [4.69, 9.17) is 14.4 Å². The Morgan fingerprint density at radius 3 is 2.68 bits per heavy atom. The molecule has 10 nitrogen and oxygen atoms in total. The molecule has 3 aromatic heterocycles. The molecule has 1 saturated heterocycles. The molecule has 0 saturated carbocycles. The standard InChI is InChI=1S/C17H20N6O2.CH2O2/c1-12-15(13(2)25-20-12)16(24)21-7-5-8-22(11-10-21)17-19-18-14-6-3-4-9-23(14)17;2-1-3/h3-4,6,9H,5,7-8,10-11H2,1-2H3;1H,(H,2,3). The summed E-state index contributed by atoms with van der Waals surface area (Å²) in [5.41, 5.74) is 2.05. The number of pyridine rings is 1. The number of carbonyl (C=O) groups is 2. The number of carbonyl (C=O) groups excluding carboxylic acids is 1. The molecule has 1 aliphatic rings. The highest BCUT2D eigenvalue weighted by Gasteiger charge is 2.26. The maximum absolute atomic E-state index is 12.8. The summed E-state index contributed by atoms with van der Waals surface area (Å²) in [5, 5.41) is 19.3. The fourth-order valence-electron chi connectivity index (χ4n) is 3.31. The van der Waals surface area contributed by atoms with Crippen LogP contribution in [0.4, 0.5) is 5.95 Å². The van der Waals surface area contributed by atoms with Gasteiger partial charge in [-0.2, -0.15) is 0 Å². The second kappa shape index (κ2) is 8.51. The predicted molar refractivity (Wildman–Crippen MR) is 100 cm³/mol. The van der Waals surface area contributed by atoms with Crippen molar-refractivity contribution in [2.45, 2.75) is 20.3 Å². The molecule has 1 amide bonds. The van der Waals surface area contributed by atoms with Crippen LogP contribution < -0.4 is 4.90 Å². The fraction of sp³-hybridized carbons (Fsp3) is 0.389. The minimum absolute atomic E-state index is 0.01000. The van der Waals surface area contributed by atoms with Crippen LogP contribution in [0.5, 0.6) is 0 Å². The van der Waals surface area contributed by atoms with E-state index in [2.05, 4.69) is 20.3 Å². The average molecular weight is 386 g/mol. The first-order chi connectivity index (χ1) is 13.6. The van der Waals surface area contributed by atoms with Gasteiger partial charge in [0.2, 0.25) is 5.95 Å². The third-order valence-corrected chi connectivity index (χ3v) is 4.61. The molecule has 1 fully saturated rings. The molecular weight excluding hydrogens is 364 g/mol. The quantitative estimate of drug-likeness (QED) is 0.657. The average Bonchev–Trinajstić information content (AvgIpc) is 3.16. The summed E-state index contributed by atoms with van der Waals surface area (Å²) in [6.45, 7) is 6.21. The summed E-state index contributed by atoms with van der Waals surface area (Å²) in [7, 11) is 0. The number of aryl methyl sites for hydroxylation is 2. The molecule has 0 spiro atoms. The van der Waals surface area contributed by atoms with Gasteiger partial charge in [-0.25, -0.2) is 0 Å². The Bertz CT molecular complexity index is 947. The van der Waals surface area contributed by atoms with Crippen LogP contribution in [0.25, 0.3) is 5.65 Å². The second-order valence-electron chi connectivity index (χ2n) is 6.37. The number of amides is 1. The number of hydrogen-bond donors (Lipinski definition) is 1. The normalized spacial score (nSPS) is 14.4. The van der Waals surface area contributed by atoms with E-state index in [0.29, 0.717) is 36.7 Å². The van der Waals surface area contributed by atoms with E-state index in [1.807, 2.05) is 33.7 Å². The van der Waals surface area contributed by atoms with Crippen molar-refractivity contribution in [3.8, 4) is 0 Å². The van der Waals surface area contributed by atoms with E-state index in [-0.39, 0.29) is 12.4 Å². The van der Waals surface area contributed by atoms with Crippen molar-refractivity contribution in [2.75, 3.05) is 31.1 Å². The summed E-state index contributed by atoms with van der Waals surface area (Å²) in [6, 6.07) is 5.84. The number of hydrogen-bond acceptors (Lipinski definition) is 7. The van der Waals surface area contributed by atoms with Crippen LogP contribution in [-0.2, 0) is 4.79 Å². The monoisotopic (exact) mass is 386 g/mol. The van der Waals surface area contributed by atoms with Crippen LogP contribution in [0, 0.1) is 13.8 Å². The third-order valence-electron chi connectivity index (χ3n) is 4.61. The maximum atomic E-state index is 12.8. The molecule has 0 aliphatic carbocycles. The lowest BCUT2D eigenvalue weighted by atomic mass is 10.1. The van der Waals surface area contributed by atoms with Crippen molar-refractivity contribution in [1.29, 1.82) is 0 Å². The van der Waals surface area contributed by atoms with E-state index < -0.39 is 0 Å². The van der Waals surface area contributed by atoms with Crippen molar-refractivity contribution in [2.24, 2.45) is 0 Å². The Balaban J connectivity index is 0.000000706. The zero-order valence-corrected chi connectivity index (χ0v) is 15.8. The molecule has 10 heteroatoms. The Kier molecular flexibility index (Phi) is 5.87. The fourth-order valence-corrected chi connectivity index (χ4v) is 3.31. The van der Waals surface area contributed by atoms with Gasteiger partial charge in [-0.15, -0.1) is 10.2 Å². The van der Waals surface area contributed by atoms with Crippen LogP contribution >= 0.6 is 0 Å². The zero-order chi connectivity index (χ0) is 20.1. The number of aromatic nitrogens is 4. The summed E-state index contributed by atoms with van der Waals surface area (Å²) in [4.78, 5) is 25.2. The van der Waals surface area contributed by atoms with Gasteiger partial charge in [0.25, 0.3) is 12.4 Å². The first-order valence-electron chi connectivity index (χ1n) is 8.91. The molecule has 0 aromatic carbocycles. The minimum Gasteiger partial charge on any atom is -0.483 e. The topological polar surface area (TPSA) is 117 Å². The molecule has 28 heavy (non-hydrogen) atoms. The molecule has 4 heterocycles. The van der Waals surface area contributed by atoms with Gasteiger partial charge in [-0.1, -0.05) is 11.2 Å². The number of nitrogens with zero attached hydrogens (tertiary/aromatic N) is 6. The molecule has 0 atom stereocenters. The van der Waals surface area contributed by atoms with E-state index in [0.717, 1.165) is 24.6 Å². The zero-order valence-electron chi connectivity index (χ0n) is 15.8. The largest absolute Gasteiger partial charge is 0.483 e. The molecular formula is C18H22N6O4. The Hall–Kier alpha value is -3.43. The van der Waals surface area contributed by atoms with Gasteiger partial charge in [0, 0.05) is 32.4 Å². The number of fused-ring (bicyclic) bond motifs is 1. The Morgan fingerprint density at radius 1 is 1.18 bits per heavy atom. The predicted octanol–water partition coefficient (Wildman–Crippen LogP) is 1.39. The molecule has 0 radical (unpaired) electrons. The van der Waals surface area contributed by atoms with E-state index in [1.54, 1.807) is 13.8 Å². The first kappa shape index (κ1) is 19.3. The first-order valence-corrected chi connectivity index (χ1v) is 8.91. The van der Waals surface area contributed by atoms with Gasteiger partial charge in [-0.3, -0.25) is 14.0 Å². The lowest BCUT2D eigenvalue weighted by molar-refractivity contribution is -0.122. The molecule has 1 N–H and O–H groups in total. The van der Waals surface area contributed by atoms with Gasteiger partial charge in [0.15, 0.2) is 5.65 Å². The van der Waals surface area contributed by atoms with Crippen molar-refractivity contribution in [3.63, 3.8) is 0 Å². The highest BCUT2D eigenvalue weighted by molar-refractivity contribution is 5.96. The number of anilines is 1. The number of rotatable bonds is 2. The minimum atomic E-state index is -0.250. The molecule has 3 aromatic rings. The van der Waals surface area contributed by atoms with Crippen molar-refractivity contribution in [1.82, 2.24) is 24.7 Å². The Morgan fingerprint density at radius 2 is 1.96 bits per heavy atom. The smallest absolute Gasteiger partial charge is 0.290 e. The van der Waals surface area contributed by atoms with Gasteiger partial charge >= 0.3 is 0 Å². The summed E-state index contributed by atoms with van der Waals surface area (Å²) in [6.07, 6.45) is 2.83. The lowest BCUT2D eigenvalue weighted by Gasteiger charge is -2.22. The second-order valence-corrected chi connectivity index (χ2v) is 6.37. The van der Waals surface area contributed by atoms with Gasteiger partial charge < -0.3 is 19.4 Å². The molecule has 0 unspecified atom stereocenters. The third kappa shape index (κ3) is 3.80. The van der Waals surface area contributed by atoms with Crippen molar-refractivity contribution >= 4 is 24.0 Å². The highest BCUT2D eigenvalue weighted by atomic mass is 16.5. The van der Waals surface area contributed by atoms with Crippen molar-refractivity contribution < 1.29 is 19.2 Å². The van der Waals surface area contributed by atoms with Gasteiger partial charge in [0.05, 0.1) is 5.69 Å². The molecule has 0 bridgehead atoms. The molecule has 148 valence electrons. The van der Waals surface area contributed by atoms with E-state index in [9.17, 15) is 4.79 Å². The van der Waals surface area contributed by atoms with E-state index in [1.165, 1.54) is 0 Å². The highest BCUT2D eigenvalue weighted by Crippen LogP contribution is 2.19. The summed E-state index contributed by atoms with van der Waals surface area (Å²) >= 11 is 0. The van der Waals surface area contributed by atoms with Crippen LogP contribution in [0.3, 0.4) is 0 Å². The summed E-state index contributed by atoms with van der Waals surface area (Å²) < 4.78 is 7.12. The molecule has 4 rings (SSSR count). The molecule has 1 aliphatic heterocycles. The SMILES string of the molecule is Cc1noc(C)c1C(=O)N1CCCN(c2nnc3ccccn23)CC1.O=CO. The van der Waals surface area contributed by atoms with Gasteiger partial charge in [-0.05, 0) is 32.4 Å². The lowest BCUT2D eigenvalue weighted by Crippen LogP contribution is -2.36.